The van der Waals surface area contributed by atoms with Crippen LogP contribution < -0.4 is 35.3 Å². The van der Waals surface area contributed by atoms with Crippen molar-refractivity contribution in [3.8, 4) is 45.4 Å². The average Bonchev–Trinajstić information content (AvgIpc) is 3.37. The smallest absolute Gasteiger partial charge is 0.319 e. The summed E-state index contributed by atoms with van der Waals surface area (Å²) in [6.07, 6.45) is 2.80. The number of carbonyl (C=O) groups is 1. The van der Waals surface area contributed by atoms with Gasteiger partial charge in [-0.3, -0.25) is 0 Å². The Morgan fingerprint density at radius 2 is 1.63 bits per heavy atom. The average molecular weight is 501 g/mol. The van der Waals surface area contributed by atoms with E-state index < -0.39 is 0 Å². The van der Waals surface area contributed by atoms with Crippen LogP contribution in [0.1, 0.15) is 19.3 Å². The Balaban J connectivity index is 1.89. The molecule has 10 heteroatoms. The van der Waals surface area contributed by atoms with Gasteiger partial charge >= 0.3 is 6.03 Å². The second-order valence-electron chi connectivity index (χ2n) is 7.64. The Kier molecular flexibility index (Phi) is 9.56. The molecule has 0 aliphatic rings. The van der Waals surface area contributed by atoms with E-state index in [2.05, 4.69) is 15.0 Å². The van der Waals surface area contributed by atoms with Gasteiger partial charge in [0.2, 0.25) is 5.75 Å². The molecule has 3 aromatic rings. The number of unbranched alkanes of at least 4 members (excludes halogenated alkanes) is 2. The predicted octanol–water partition coefficient (Wildman–Crippen LogP) is 4.76. The summed E-state index contributed by atoms with van der Waals surface area (Å²) in [4.78, 5) is 12.4. The third-order valence-corrected chi connectivity index (χ3v) is 6.06. The van der Waals surface area contributed by atoms with Crippen LogP contribution in [0, 0.1) is 0 Å². The van der Waals surface area contributed by atoms with E-state index >= 15 is 0 Å². The van der Waals surface area contributed by atoms with E-state index in [9.17, 15) is 4.79 Å². The zero-order chi connectivity index (χ0) is 25.2. The van der Waals surface area contributed by atoms with E-state index in [0.717, 1.165) is 41.6 Å². The lowest BCUT2D eigenvalue weighted by atomic mass is 10.0. The molecule has 3 rings (SSSR count). The van der Waals surface area contributed by atoms with Crippen LogP contribution in [0.4, 0.5) is 10.5 Å². The largest absolute Gasteiger partial charge is 0.495 e. The number of nitrogens with one attached hydrogen (secondary N) is 2. The van der Waals surface area contributed by atoms with Crippen molar-refractivity contribution >= 4 is 23.3 Å². The molecule has 0 unspecified atom stereocenters. The van der Waals surface area contributed by atoms with Crippen molar-refractivity contribution in [1.82, 2.24) is 9.69 Å². The maximum Gasteiger partial charge on any atom is 0.319 e. The molecular weight excluding hydrogens is 468 g/mol. The Morgan fingerprint density at radius 1 is 0.914 bits per heavy atom. The topological polar surface area (TPSA) is 117 Å². The summed E-state index contributed by atoms with van der Waals surface area (Å²) in [5.74, 6) is 2.16. The summed E-state index contributed by atoms with van der Waals surface area (Å²) in [5, 5.41) is 7.72. The second kappa shape index (κ2) is 12.8. The highest BCUT2D eigenvalue weighted by molar-refractivity contribution is 7.04. The van der Waals surface area contributed by atoms with Crippen LogP contribution in [0.5, 0.6) is 23.0 Å². The molecule has 188 valence electrons. The van der Waals surface area contributed by atoms with Crippen molar-refractivity contribution in [1.29, 1.82) is 0 Å². The fraction of sp³-hybridized carbons (Fsp3) is 0.360. The van der Waals surface area contributed by atoms with Gasteiger partial charge in [0.15, 0.2) is 11.5 Å². The van der Waals surface area contributed by atoms with Gasteiger partial charge < -0.3 is 35.3 Å². The zero-order valence-corrected chi connectivity index (χ0v) is 21.3. The molecule has 1 aromatic heterocycles. The van der Waals surface area contributed by atoms with Gasteiger partial charge in [-0.1, -0.05) is 12.5 Å². The molecule has 2 aromatic carbocycles. The van der Waals surface area contributed by atoms with Crippen molar-refractivity contribution in [3.63, 3.8) is 0 Å². The van der Waals surface area contributed by atoms with E-state index in [0.29, 0.717) is 41.8 Å². The number of amides is 2. The summed E-state index contributed by atoms with van der Waals surface area (Å²) in [6.45, 7) is 1.24. The number of nitrogens with two attached hydrogens (primary N) is 1. The van der Waals surface area contributed by atoms with Crippen LogP contribution in [0.3, 0.4) is 0 Å². The highest BCUT2D eigenvalue weighted by Crippen LogP contribution is 2.44. The van der Waals surface area contributed by atoms with Gasteiger partial charge in [0, 0.05) is 23.1 Å². The van der Waals surface area contributed by atoms with Gasteiger partial charge in [0.05, 0.1) is 39.8 Å². The minimum atomic E-state index is -0.290. The van der Waals surface area contributed by atoms with Crippen LogP contribution in [-0.4, -0.2) is 51.9 Å². The first-order valence-electron chi connectivity index (χ1n) is 11.2. The number of aromatic nitrogens is 1. The van der Waals surface area contributed by atoms with Gasteiger partial charge in [-0.25, -0.2) is 4.79 Å². The van der Waals surface area contributed by atoms with Crippen molar-refractivity contribution in [2.75, 3.05) is 46.8 Å². The first-order chi connectivity index (χ1) is 17.1. The lowest BCUT2D eigenvalue weighted by Crippen LogP contribution is -2.29. The molecule has 0 saturated carbocycles. The van der Waals surface area contributed by atoms with E-state index in [-0.39, 0.29) is 6.03 Å². The quantitative estimate of drug-likeness (QED) is 0.307. The maximum absolute atomic E-state index is 12.4. The number of hydrogen-bond donors (Lipinski definition) is 3. The molecule has 9 nitrogen and oxygen atoms in total. The van der Waals surface area contributed by atoms with E-state index in [1.807, 2.05) is 35.7 Å². The van der Waals surface area contributed by atoms with E-state index in [1.165, 1.54) is 11.5 Å². The first-order valence-corrected chi connectivity index (χ1v) is 12.1. The number of anilines is 1. The van der Waals surface area contributed by atoms with Gasteiger partial charge in [-0.15, -0.1) is 0 Å². The molecule has 0 saturated heterocycles. The zero-order valence-electron chi connectivity index (χ0n) is 20.5. The summed E-state index contributed by atoms with van der Waals surface area (Å²) >= 11 is 1.34. The number of hydrogen-bond acceptors (Lipinski definition) is 8. The Labute approximate surface area is 209 Å². The van der Waals surface area contributed by atoms with Gasteiger partial charge in [0.1, 0.15) is 5.75 Å². The summed E-state index contributed by atoms with van der Waals surface area (Å²) in [7, 11) is 6.29. The molecule has 0 aliphatic heterocycles. The Bertz CT molecular complexity index is 1110. The van der Waals surface area contributed by atoms with Gasteiger partial charge in [-0.2, -0.15) is 4.37 Å². The molecule has 0 atom stereocenters. The number of carbonyl (C=O) groups excluding carboxylic acids is 1. The fourth-order valence-electron chi connectivity index (χ4n) is 3.66. The number of nitrogens with zero attached hydrogens (tertiary/aromatic N) is 1. The summed E-state index contributed by atoms with van der Waals surface area (Å²) < 4.78 is 26.5. The fourth-order valence-corrected chi connectivity index (χ4v) is 4.37. The number of ether oxygens (including phenoxy) is 4. The molecule has 0 spiro atoms. The third kappa shape index (κ3) is 6.34. The molecule has 35 heavy (non-hydrogen) atoms. The number of urea groups is 1. The molecular formula is C25H32N4O5S. The standard InChI is InChI=1S/C25H32N4O5S/c1-31-20-9-8-16(12-19(20)28-25(30)27-11-7-5-6-10-26)18-15-35-29-23(18)17-13-21(32-2)24(34-4)22(14-17)33-3/h8-9,12-15H,5-7,10-11,26H2,1-4H3,(H2,27,28,30). The number of rotatable bonds is 12. The van der Waals surface area contributed by atoms with E-state index in [4.69, 9.17) is 24.7 Å². The van der Waals surface area contributed by atoms with Crippen molar-refractivity contribution < 1.29 is 23.7 Å². The monoisotopic (exact) mass is 500 g/mol. The number of benzene rings is 2. The minimum Gasteiger partial charge on any atom is -0.495 e. The maximum atomic E-state index is 12.4. The molecule has 1 heterocycles. The minimum absolute atomic E-state index is 0.290. The SMILES string of the molecule is COc1ccc(-c2csnc2-c2cc(OC)c(OC)c(OC)c2)cc1NC(=O)NCCCCCN. The Hall–Kier alpha value is -3.50. The molecule has 0 radical (unpaired) electrons. The summed E-state index contributed by atoms with van der Waals surface area (Å²) in [5.41, 5.74) is 9.43. The van der Waals surface area contributed by atoms with Crippen LogP contribution in [0.2, 0.25) is 0 Å². The lowest BCUT2D eigenvalue weighted by molar-refractivity contribution is 0.251. The van der Waals surface area contributed by atoms with Gasteiger partial charge in [-0.05, 0) is 60.7 Å². The van der Waals surface area contributed by atoms with Crippen LogP contribution in [0.25, 0.3) is 22.4 Å². The highest BCUT2D eigenvalue weighted by atomic mass is 32.1. The van der Waals surface area contributed by atoms with Crippen LogP contribution in [0.15, 0.2) is 35.7 Å². The lowest BCUT2D eigenvalue weighted by Gasteiger charge is -2.15. The normalized spacial score (nSPS) is 10.5. The van der Waals surface area contributed by atoms with Gasteiger partial charge in [0.25, 0.3) is 0 Å². The second-order valence-corrected chi connectivity index (χ2v) is 8.27. The number of methoxy groups -OCH3 is 4. The summed E-state index contributed by atoms with van der Waals surface area (Å²) in [6, 6.07) is 9.06. The molecule has 0 bridgehead atoms. The highest BCUT2D eigenvalue weighted by Gasteiger charge is 2.19. The van der Waals surface area contributed by atoms with E-state index in [1.54, 1.807) is 28.4 Å². The molecule has 0 aliphatic carbocycles. The van der Waals surface area contributed by atoms with Crippen LogP contribution in [-0.2, 0) is 0 Å². The van der Waals surface area contributed by atoms with Crippen molar-refractivity contribution in [3.05, 3.63) is 35.7 Å². The van der Waals surface area contributed by atoms with Crippen molar-refractivity contribution in [2.24, 2.45) is 5.73 Å². The van der Waals surface area contributed by atoms with Crippen LogP contribution >= 0.6 is 11.5 Å². The third-order valence-electron chi connectivity index (χ3n) is 5.43. The predicted molar refractivity (Wildman–Crippen MR) is 139 cm³/mol. The van der Waals surface area contributed by atoms with Crippen molar-refractivity contribution in [2.45, 2.75) is 19.3 Å². The Morgan fingerprint density at radius 3 is 2.26 bits per heavy atom. The molecule has 2 amide bonds. The first kappa shape index (κ1) is 26.1. The molecule has 0 fully saturated rings. The molecule has 4 N–H and O–H groups in total.